The molecule has 3 rings (SSSR count). The van der Waals surface area contributed by atoms with Crippen LogP contribution in [0.4, 0.5) is 0 Å². The first kappa shape index (κ1) is 18.0. The molecule has 1 fully saturated rings. The van der Waals surface area contributed by atoms with E-state index in [0.29, 0.717) is 16.4 Å². The monoisotopic (exact) mass is 370 g/mol. The van der Waals surface area contributed by atoms with E-state index in [1.54, 1.807) is 31.4 Å². The number of nitrogens with one attached hydrogen (secondary N) is 2. The number of ether oxygens (including phenoxy) is 2. The normalized spacial score (nSPS) is 16.5. The number of carbonyl (C=O) groups is 1. The van der Waals surface area contributed by atoms with Gasteiger partial charge in [-0.1, -0.05) is 24.3 Å². The molecule has 26 heavy (non-hydrogen) atoms. The Bertz CT molecular complexity index is 849. The Balaban J connectivity index is 1.60. The van der Waals surface area contributed by atoms with Crippen LogP contribution in [0.1, 0.15) is 17.2 Å². The van der Waals surface area contributed by atoms with Gasteiger partial charge in [0.2, 0.25) is 0 Å². The number of aliphatic hydroxyl groups is 1. The van der Waals surface area contributed by atoms with Crippen molar-refractivity contribution >= 4 is 28.9 Å². The summed E-state index contributed by atoms with van der Waals surface area (Å²) >= 11 is 1.10. The number of carbonyl (C=O) groups excluding carboxylic acids is 1. The Morgan fingerprint density at radius 2 is 2.00 bits per heavy atom. The zero-order valence-electron chi connectivity index (χ0n) is 14.1. The number of rotatable bonds is 6. The summed E-state index contributed by atoms with van der Waals surface area (Å²) in [7, 11) is 1.58. The number of amidine groups is 1. The lowest BCUT2D eigenvalue weighted by Crippen LogP contribution is -2.18. The summed E-state index contributed by atoms with van der Waals surface area (Å²) in [5, 5.41) is 20.2. The van der Waals surface area contributed by atoms with E-state index in [-0.39, 0.29) is 17.7 Å². The first-order valence-corrected chi connectivity index (χ1v) is 8.71. The third kappa shape index (κ3) is 4.44. The van der Waals surface area contributed by atoms with Crippen molar-refractivity contribution in [1.82, 2.24) is 5.32 Å². The van der Waals surface area contributed by atoms with Crippen molar-refractivity contribution < 1.29 is 19.4 Å². The summed E-state index contributed by atoms with van der Waals surface area (Å²) in [6.07, 6.45) is 0.952. The zero-order valence-corrected chi connectivity index (χ0v) is 14.9. The average molecular weight is 370 g/mol. The van der Waals surface area contributed by atoms with Crippen molar-refractivity contribution in [3.63, 3.8) is 0 Å². The highest BCUT2D eigenvalue weighted by Gasteiger charge is 2.22. The molecular weight excluding hydrogens is 352 g/mol. The SMILES string of the molecule is COc1cccc(C(O)COc2ccc(C=C3SC(=N)NC3=O)cc2)c1. The number of hydrogen-bond donors (Lipinski definition) is 3. The lowest BCUT2D eigenvalue weighted by atomic mass is 10.1. The van der Waals surface area contributed by atoms with Gasteiger partial charge in [-0.3, -0.25) is 10.2 Å². The Kier molecular flexibility index (Phi) is 5.60. The predicted octanol–water partition coefficient (Wildman–Crippen LogP) is 2.95. The highest BCUT2D eigenvalue weighted by Crippen LogP contribution is 2.26. The van der Waals surface area contributed by atoms with Crippen molar-refractivity contribution in [2.45, 2.75) is 6.10 Å². The summed E-state index contributed by atoms with van der Waals surface area (Å²) in [5.41, 5.74) is 1.55. The molecule has 1 atom stereocenters. The van der Waals surface area contributed by atoms with Crippen LogP contribution in [0.15, 0.2) is 53.4 Å². The number of thioether (sulfide) groups is 1. The van der Waals surface area contributed by atoms with Crippen LogP contribution in [0.3, 0.4) is 0 Å². The second-order valence-electron chi connectivity index (χ2n) is 5.57. The Morgan fingerprint density at radius 3 is 2.65 bits per heavy atom. The molecule has 1 amide bonds. The third-order valence-electron chi connectivity index (χ3n) is 3.73. The maximum Gasteiger partial charge on any atom is 0.264 e. The lowest BCUT2D eigenvalue weighted by molar-refractivity contribution is -0.115. The molecule has 1 heterocycles. The van der Waals surface area contributed by atoms with Crippen LogP contribution < -0.4 is 14.8 Å². The van der Waals surface area contributed by atoms with Gasteiger partial charge in [0.25, 0.3) is 5.91 Å². The van der Waals surface area contributed by atoms with Gasteiger partial charge in [0.1, 0.15) is 24.2 Å². The number of aliphatic hydroxyl groups excluding tert-OH is 1. The van der Waals surface area contributed by atoms with E-state index < -0.39 is 6.10 Å². The van der Waals surface area contributed by atoms with Crippen LogP contribution in [0.25, 0.3) is 6.08 Å². The van der Waals surface area contributed by atoms with Gasteiger partial charge in [-0.2, -0.15) is 0 Å². The molecule has 0 aliphatic carbocycles. The molecule has 0 spiro atoms. The Morgan fingerprint density at radius 1 is 1.23 bits per heavy atom. The topological polar surface area (TPSA) is 91.6 Å². The van der Waals surface area contributed by atoms with E-state index in [2.05, 4.69) is 5.32 Å². The molecule has 2 aromatic rings. The summed E-state index contributed by atoms with van der Waals surface area (Å²) in [5.74, 6) is 1.04. The van der Waals surface area contributed by atoms with Crippen molar-refractivity contribution in [2.24, 2.45) is 0 Å². The quantitative estimate of drug-likeness (QED) is 0.680. The summed E-state index contributed by atoms with van der Waals surface area (Å²) in [4.78, 5) is 12.1. The lowest BCUT2D eigenvalue weighted by Gasteiger charge is -2.13. The molecule has 7 heteroatoms. The van der Waals surface area contributed by atoms with Gasteiger partial charge < -0.3 is 19.9 Å². The van der Waals surface area contributed by atoms with E-state index >= 15 is 0 Å². The van der Waals surface area contributed by atoms with Crippen LogP contribution in [0, 0.1) is 5.41 Å². The molecular formula is C19H18N2O4S. The zero-order chi connectivity index (χ0) is 18.5. The number of methoxy groups -OCH3 is 1. The summed E-state index contributed by atoms with van der Waals surface area (Å²) < 4.78 is 10.8. The third-order valence-corrected chi connectivity index (χ3v) is 4.56. The molecule has 134 valence electrons. The maximum absolute atomic E-state index is 11.6. The Labute approximate surface area is 155 Å². The van der Waals surface area contributed by atoms with Crippen LogP contribution in [0.2, 0.25) is 0 Å². The highest BCUT2D eigenvalue weighted by molar-refractivity contribution is 8.18. The number of hydrogen-bond acceptors (Lipinski definition) is 6. The molecule has 3 N–H and O–H groups in total. The minimum atomic E-state index is -0.767. The number of amides is 1. The molecule has 0 radical (unpaired) electrons. The first-order valence-electron chi connectivity index (χ1n) is 7.89. The first-order chi connectivity index (χ1) is 12.5. The molecule has 0 aromatic heterocycles. The van der Waals surface area contributed by atoms with Gasteiger partial charge in [-0.05, 0) is 53.2 Å². The highest BCUT2D eigenvalue weighted by atomic mass is 32.2. The van der Waals surface area contributed by atoms with Gasteiger partial charge in [0, 0.05) is 0 Å². The van der Waals surface area contributed by atoms with Crippen molar-refractivity contribution in [2.75, 3.05) is 13.7 Å². The fourth-order valence-electron chi connectivity index (χ4n) is 2.37. The van der Waals surface area contributed by atoms with Gasteiger partial charge in [0.15, 0.2) is 5.17 Å². The molecule has 0 saturated carbocycles. The predicted molar refractivity (Wildman–Crippen MR) is 101 cm³/mol. The van der Waals surface area contributed by atoms with Gasteiger partial charge in [-0.25, -0.2) is 0 Å². The van der Waals surface area contributed by atoms with Crippen LogP contribution in [-0.4, -0.2) is 29.9 Å². The minimum absolute atomic E-state index is 0.114. The average Bonchev–Trinajstić information content (AvgIpc) is 2.97. The van der Waals surface area contributed by atoms with E-state index in [4.69, 9.17) is 14.9 Å². The molecule has 1 aliphatic rings. The standard InChI is InChI=1S/C19H18N2O4S/c1-24-15-4-2-3-13(10-15)16(22)11-25-14-7-5-12(6-8-14)9-17-18(23)21-19(20)26-17/h2-10,16,22H,11H2,1H3,(H2,20,21,23). The summed E-state index contributed by atoms with van der Waals surface area (Å²) in [6.45, 7) is 0.114. The van der Waals surface area contributed by atoms with Crippen LogP contribution in [-0.2, 0) is 4.79 Å². The molecule has 0 bridgehead atoms. The minimum Gasteiger partial charge on any atom is -0.497 e. The summed E-state index contributed by atoms with van der Waals surface area (Å²) in [6, 6.07) is 14.4. The molecule has 1 unspecified atom stereocenters. The van der Waals surface area contributed by atoms with E-state index in [0.717, 1.165) is 22.9 Å². The smallest absolute Gasteiger partial charge is 0.264 e. The fourth-order valence-corrected chi connectivity index (χ4v) is 3.08. The second kappa shape index (κ2) is 8.07. The second-order valence-corrected chi connectivity index (χ2v) is 6.62. The van der Waals surface area contributed by atoms with Gasteiger partial charge >= 0.3 is 0 Å². The molecule has 6 nitrogen and oxygen atoms in total. The molecule has 1 aliphatic heterocycles. The van der Waals surface area contributed by atoms with E-state index in [1.807, 2.05) is 30.3 Å². The van der Waals surface area contributed by atoms with Crippen molar-refractivity contribution in [1.29, 1.82) is 5.41 Å². The number of benzene rings is 2. The van der Waals surface area contributed by atoms with Gasteiger partial charge in [0.05, 0.1) is 12.0 Å². The maximum atomic E-state index is 11.6. The Hall–Kier alpha value is -2.77. The van der Waals surface area contributed by atoms with Crippen molar-refractivity contribution in [3.05, 3.63) is 64.6 Å². The van der Waals surface area contributed by atoms with Crippen LogP contribution >= 0.6 is 11.8 Å². The molecule has 1 saturated heterocycles. The van der Waals surface area contributed by atoms with Crippen LogP contribution in [0.5, 0.6) is 11.5 Å². The van der Waals surface area contributed by atoms with Crippen molar-refractivity contribution in [3.8, 4) is 11.5 Å². The van der Waals surface area contributed by atoms with E-state index in [9.17, 15) is 9.90 Å². The molecule has 2 aromatic carbocycles. The van der Waals surface area contributed by atoms with E-state index in [1.165, 1.54) is 0 Å². The van der Waals surface area contributed by atoms with Gasteiger partial charge in [-0.15, -0.1) is 0 Å². The fraction of sp³-hybridized carbons (Fsp3) is 0.158. The largest absolute Gasteiger partial charge is 0.497 e.